The van der Waals surface area contributed by atoms with Crippen molar-refractivity contribution < 1.29 is 27.8 Å². The summed E-state index contributed by atoms with van der Waals surface area (Å²) in [7, 11) is 0. The van der Waals surface area contributed by atoms with Crippen LogP contribution in [-0.4, -0.2) is 27.6 Å². The van der Waals surface area contributed by atoms with Crippen molar-refractivity contribution in [2.45, 2.75) is 12.9 Å². The maximum atomic E-state index is 12.4. The molecule has 0 saturated heterocycles. The Kier molecular flexibility index (Phi) is 5.02. The van der Waals surface area contributed by atoms with Gasteiger partial charge in [-0.05, 0) is 30.3 Å². The number of nitrogens with zero attached hydrogens (tertiary/aromatic N) is 1. The van der Waals surface area contributed by atoms with E-state index < -0.39 is 18.0 Å². The molecule has 0 radical (unpaired) electrons. The number of phenolic OH excluding ortho intramolecular Hbond substituents is 1. The van der Waals surface area contributed by atoms with Gasteiger partial charge in [-0.1, -0.05) is 24.3 Å². The highest BCUT2D eigenvalue weighted by molar-refractivity contribution is 5.96. The van der Waals surface area contributed by atoms with Crippen molar-refractivity contribution in [3.8, 4) is 22.8 Å². The molecule has 0 unspecified atom stereocenters. The van der Waals surface area contributed by atoms with Crippen molar-refractivity contribution in [1.29, 1.82) is 0 Å². The van der Waals surface area contributed by atoms with Crippen molar-refractivity contribution in [2.24, 2.45) is 0 Å². The Morgan fingerprint density at radius 2 is 1.85 bits per heavy atom. The van der Waals surface area contributed by atoms with Gasteiger partial charge in [0.05, 0.1) is 23.5 Å². The van der Waals surface area contributed by atoms with Gasteiger partial charge in [0.1, 0.15) is 11.5 Å². The molecule has 0 spiro atoms. The lowest BCUT2D eigenvalue weighted by Crippen LogP contribution is -2.25. The number of hydrogen-bond acceptors (Lipinski definition) is 4. The predicted molar refractivity (Wildman–Crippen MR) is 90.0 cm³/mol. The first kappa shape index (κ1) is 18.3. The second kappa shape index (κ2) is 7.40. The van der Waals surface area contributed by atoms with E-state index in [9.17, 15) is 23.1 Å². The van der Waals surface area contributed by atoms with E-state index in [0.717, 1.165) is 6.07 Å². The zero-order valence-corrected chi connectivity index (χ0v) is 13.7. The van der Waals surface area contributed by atoms with Gasteiger partial charge in [0.25, 0.3) is 5.91 Å². The number of hydrogen-bond donors (Lipinski definition) is 3. The van der Waals surface area contributed by atoms with Crippen LogP contribution in [0.1, 0.15) is 16.1 Å². The fourth-order valence-corrected chi connectivity index (χ4v) is 2.42. The molecule has 9 heteroatoms. The molecule has 3 N–H and O–H groups in total. The van der Waals surface area contributed by atoms with Gasteiger partial charge in [-0.3, -0.25) is 9.89 Å². The lowest BCUT2D eigenvalue weighted by atomic mass is 10.1. The highest BCUT2D eigenvalue weighted by Gasteiger charge is 2.32. The number of ether oxygens (including phenoxy) is 1. The number of aromatic hydroxyl groups is 1. The van der Waals surface area contributed by atoms with Crippen LogP contribution in [-0.2, 0) is 6.54 Å². The molecule has 0 saturated carbocycles. The van der Waals surface area contributed by atoms with Crippen LogP contribution in [0.4, 0.5) is 13.2 Å². The highest BCUT2D eigenvalue weighted by Crippen LogP contribution is 2.28. The van der Waals surface area contributed by atoms with Crippen LogP contribution >= 0.6 is 0 Å². The van der Waals surface area contributed by atoms with Gasteiger partial charge in [-0.2, -0.15) is 5.10 Å². The average molecular weight is 377 g/mol. The largest absolute Gasteiger partial charge is 0.573 e. The number of carbonyl (C=O) groups excluding carboxylic acids is 1. The van der Waals surface area contributed by atoms with Gasteiger partial charge < -0.3 is 15.2 Å². The highest BCUT2D eigenvalue weighted by atomic mass is 19.4. The Labute approximate surface area is 151 Å². The van der Waals surface area contributed by atoms with Gasteiger partial charge in [0, 0.05) is 5.56 Å². The molecule has 0 aliphatic heterocycles. The standard InChI is InChI=1S/C18H14F3N3O3/c19-18(20,21)27-16-8-4-2-6-13(16)17(26)22-10-11-9-14(24-23-11)12-5-1-3-7-15(12)25/h1-9,25H,10H2,(H,22,26)(H,23,24). The molecular formula is C18H14F3N3O3. The number of rotatable bonds is 5. The van der Waals surface area contributed by atoms with Crippen LogP contribution in [0.15, 0.2) is 54.6 Å². The molecule has 1 amide bonds. The second-order valence-corrected chi connectivity index (χ2v) is 5.52. The van der Waals surface area contributed by atoms with Crippen molar-refractivity contribution in [3.63, 3.8) is 0 Å². The third kappa shape index (κ3) is 4.57. The summed E-state index contributed by atoms with van der Waals surface area (Å²) in [6, 6.07) is 13.3. The number of carbonyl (C=O) groups is 1. The first-order valence-corrected chi connectivity index (χ1v) is 7.79. The van der Waals surface area contributed by atoms with Crippen molar-refractivity contribution in [1.82, 2.24) is 15.5 Å². The third-order valence-corrected chi connectivity index (χ3v) is 3.61. The fourth-order valence-electron chi connectivity index (χ4n) is 2.42. The number of H-pyrrole nitrogens is 1. The maximum Gasteiger partial charge on any atom is 0.573 e. The predicted octanol–water partition coefficient (Wildman–Crippen LogP) is 3.61. The lowest BCUT2D eigenvalue weighted by Gasteiger charge is -2.12. The monoisotopic (exact) mass is 377 g/mol. The van der Waals surface area contributed by atoms with Gasteiger partial charge >= 0.3 is 6.36 Å². The Balaban J connectivity index is 1.70. The molecule has 140 valence electrons. The summed E-state index contributed by atoms with van der Waals surface area (Å²) in [4.78, 5) is 12.2. The number of para-hydroxylation sites is 2. The van der Waals surface area contributed by atoms with Crippen LogP contribution in [0.5, 0.6) is 11.5 Å². The SMILES string of the molecule is O=C(NCc1cc(-c2ccccc2O)n[nH]1)c1ccccc1OC(F)(F)F. The Morgan fingerprint density at radius 3 is 2.59 bits per heavy atom. The summed E-state index contributed by atoms with van der Waals surface area (Å²) in [6.45, 7) is -0.000217. The average Bonchev–Trinajstić information content (AvgIpc) is 3.08. The minimum atomic E-state index is -4.90. The topological polar surface area (TPSA) is 87.2 Å². The van der Waals surface area contributed by atoms with E-state index in [2.05, 4.69) is 20.3 Å². The molecule has 0 aliphatic carbocycles. The first-order chi connectivity index (χ1) is 12.8. The van der Waals surface area contributed by atoms with E-state index in [1.54, 1.807) is 24.3 Å². The number of alkyl halides is 3. The first-order valence-electron chi connectivity index (χ1n) is 7.79. The number of amides is 1. The number of aromatic amines is 1. The molecular weight excluding hydrogens is 363 g/mol. The van der Waals surface area contributed by atoms with Crippen LogP contribution in [0, 0.1) is 0 Å². The molecule has 3 rings (SSSR count). The smallest absolute Gasteiger partial charge is 0.507 e. The minimum Gasteiger partial charge on any atom is -0.507 e. The summed E-state index contributed by atoms with van der Waals surface area (Å²) in [5, 5.41) is 19.1. The molecule has 0 aliphatic rings. The molecule has 2 aromatic carbocycles. The normalized spacial score (nSPS) is 11.2. The van der Waals surface area contributed by atoms with E-state index >= 15 is 0 Å². The van der Waals surface area contributed by atoms with E-state index in [4.69, 9.17) is 0 Å². The van der Waals surface area contributed by atoms with Gasteiger partial charge in [-0.15, -0.1) is 13.2 Å². The van der Waals surface area contributed by atoms with Crippen molar-refractivity contribution >= 4 is 5.91 Å². The molecule has 0 fully saturated rings. The Hall–Kier alpha value is -3.49. The molecule has 0 atom stereocenters. The van der Waals surface area contributed by atoms with E-state index in [-0.39, 0.29) is 17.9 Å². The minimum absolute atomic E-state index is 0.000217. The number of nitrogens with one attached hydrogen (secondary N) is 2. The summed E-state index contributed by atoms with van der Waals surface area (Å²) in [5.41, 5.74) is 1.25. The molecule has 27 heavy (non-hydrogen) atoms. The zero-order valence-electron chi connectivity index (χ0n) is 13.7. The fraction of sp³-hybridized carbons (Fsp3) is 0.111. The van der Waals surface area contributed by atoms with Gasteiger partial charge in [0.2, 0.25) is 0 Å². The van der Waals surface area contributed by atoms with Crippen LogP contribution in [0.25, 0.3) is 11.3 Å². The number of phenols is 1. The third-order valence-electron chi connectivity index (χ3n) is 3.61. The molecule has 3 aromatic rings. The molecule has 0 bridgehead atoms. The number of aromatic nitrogens is 2. The van der Waals surface area contributed by atoms with Crippen LogP contribution in [0.2, 0.25) is 0 Å². The molecule has 1 aromatic heterocycles. The summed E-state index contributed by atoms with van der Waals surface area (Å²) >= 11 is 0. The molecule has 6 nitrogen and oxygen atoms in total. The van der Waals surface area contributed by atoms with Gasteiger partial charge in [-0.25, -0.2) is 0 Å². The van der Waals surface area contributed by atoms with Crippen LogP contribution in [0.3, 0.4) is 0 Å². The summed E-state index contributed by atoms with van der Waals surface area (Å²) in [6.07, 6.45) is -4.90. The lowest BCUT2D eigenvalue weighted by molar-refractivity contribution is -0.274. The van der Waals surface area contributed by atoms with E-state index in [0.29, 0.717) is 17.0 Å². The zero-order chi connectivity index (χ0) is 19.4. The Morgan fingerprint density at radius 1 is 1.15 bits per heavy atom. The summed E-state index contributed by atoms with van der Waals surface area (Å²) < 4.78 is 41.2. The number of halogens is 3. The van der Waals surface area contributed by atoms with Crippen molar-refractivity contribution in [3.05, 3.63) is 65.9 Å². The number of benzene rings is 2. The second-order valence-electron chi connectivity index (χ2n) is 5.52. The van der Waals surface area contributed by atoms with E-state index in [1.807, 2.05) is 0 Å². The quantitative estimate of drug-likeness (QED) is 0.634. The van der Waals surface area contributed by atoms with Crippen LogP contribution < -0.4 is 10.1 Å². The molecule has 1 heterocycles. The maximum absolute atomic E-state index is 12.4. The van der Waals surface area contributed by atoms with E-state index in [1.165, 1.54) is 24.3 Å². The Bertz CT molecular complexity index is 954. The van der Waals surface area contributed by atoms with Gasteiger partial charge in [0.15, 0.2) is 0 Å². The van der Waals surface area contributed by atoms with Crippen molar-refractivity contribution in [2.75, 3.05) is 0 Å². The summed E-state index contributed by atoms with van der Waals surface area (Å²) in [5.74, 6) is -1.26.